The van der Waals surface area contributed by atoms with Gasteiger partial charge in [0, 0.05) is 0 Å². The predicted octanol–water partition coefficient (Wildman–Crippen LogP) is 2.89. The van der Waals surface area contributed by atoms with Gasteiger partial charge >= 0.3 is 0 Å². The van der Waals surface area contributed by atoms with Crippen LogP contribution in [0.4, 0.5) is 0 Å². The molecule has 0 aromatic heterocycles. The molecule has 0 bridgehead atoms. The Morgan fingerprint density at radius 3 is 2.33 bits per heavy atom. The van der Waals surface area contributed by atoms with E-state index >= 15 is 0 Å². The summed E-state index contributed by atoms with van der Waals surface area (Å²) in [6.07, 6.45) is 11.8. The SMILES string of the molecule is [CH]=CCC=CCC=CC. The highest BCUT2D eigenvalue weighted by atomic mass is 13.7. The minimum absolute atomic E-state index is 0.873. The number of rotatable bonds is 4. The van der Waals surface area contributed by atoms with Crippen molar-refractivity contribution in [1.29, 1.82) is 0 Å². The third-order valence-electron chi connectivity index (χ3n) is 0.947. The van der Waals surface area contributed by atoms with Gasteiger partial charge in [0.1, 0.15) is 0 Å². The lowest BCUT2D eigenvalue weighted by atomic mass is 10.3. The highest BCUT2D eigenvalue weighted by Crippen LogP contribution is 1.88. The molecule has 0 saturated heterocycles. The smallest absolute Gasteiger partial charge is 0.0166 e. The molecular weight excluding hydrogens is 108 g/mol. The summed E-state index contributed by atoms with van der Waals surface area (Å²) in [5, 5.41) is 0. The van der Waals surface area contributed by atoms with Crippen LogP contribution in [0.15, 0.2) is 30.4 Å². The summed E-state index contributed by atoms with van der Waals surface area (Å²) < 4.78 is 0. The summed E-state index contributed by atoms with van der Waals surface area (Å²) in [5.41, 5.74) is 0. The zero-order chi connectivity index (χ0) is 6.95. The lowest BCUT2D eigenvalue weighted by molar-refractivity contribution is 1.31. The first-order valence-corrected chi connectivity index (χ1v) is 3.21. The molecule has 0 aromatic carbocycles. The van der Waals surface area contributed by atoms with Gasteiger partial charge in [0.05, 0.1) is 0 Å². The maximum Gasteiger partial charge on any atom is -0.0166 e. The quantitative estimate of drug-likeness (QED) is 0.502. The molecule has 9 heavy (non-hydrogen) atoms. The molecule has 0 atom stereocenters. The predicted molar refractivity (Wildman–Crippen MR) is 42.1 cm³/mol. The van der Waals surface area contributed by atoms with Crippen LogP contribution in [0.2, 0.25) is 0 Å². The zero-order valence-electron chi connectivity index (χ0n) is 5.88. The normalized spacial score (nSPS) is 11.2. The Morgan fingerprint density at radius 2 is 1.78 bits per heavy atom. The van der Waals surface area contributed by atoms with E-state index in [4.69, 9.17) is 6.58 Å². The molecule has 0 saturated carbocycles. The molecule has 0 spiro atoms. The first-order valence-electron chi connectivity index (χ1n) is 3.21. The van der Waals surface area contributed by atoms with E-state index in [1.807, 2.05) is 13.0 Å². The van der Waals surface area contributed by atoms with Crippen molar-refractivity contribution >= 4 is 0 Å². The monoisotopic (exact) mass is 121 g/mol. The van der Waals surface area contributed by atoms with Crippen LogP contribution in [-0.2, 0) is 0 Å². The molecular formula is C9H13. The van der Waals surface area contributed by atoms with Crippen molar-refractivity contribution in [3.8, 4) is 0 Å². The first-order chi connectivity index (χ1) is 4.41. The van der Waals surface area contributed by atoms with Crippen molar-refractivity contribution in [2.45, 2.75) is 19.8 Å². The van der Waals surface area contributed by atoms with Crippen LogP contribution in [0.1, 0.15) is 19.8 Å². The van der Waals surface area contributed by atoms with E-state index in [9.17, 15) is 0 Å². The van der Waals surface area contributed by atoms with Gasteiger partial charge < -0.3 is 0 Å². The summed E-state index contributed by atoms with van der Waals surface area (Å²) in [5.74, 6) is 0. The summed E-state index contributed by atoms with van der Waals surface area (Å²) in [7, 11) is 0. The zero-order valence-corrected chi connectivity index (χ0v) is 5.88. The second kappa shape index (κ2) is 7.22. The molecule has 0 unspecified atom stereocenters. The van der Waals surface area contributed by atoms with Gasteiger partial charge in [-0.3, -0.25) is 0 Å². The van der Waals surface area contributed by atoms with Crippen molar-refractivity contribution < 1.29 is 0 Å². The Bertz CT molecular complexity index is 107. The maximum atomic E-state index is 5.15. The molecule has 0 aromatic rings. The lowest BCUT2D eigenvalue weighted by Gasteiger charge is -1.78. The van der Waals surface area contributed by atoms with Gasteiger partial charge in [0.25, 0.3) is 0 Å². The minimum Gasteiger partial charge on any atom is -0.0914 e. The summed E-state index contributed by atoms with van der Waals surface area (Å²) in [6, 6.07) is 0. The topological polar surface area (TPSA) is 0 Å². The van der Waals surface area contributed by atoms with Gasteiger partial charge in [0.15, 0.2) is 0 Å². The molecule has 0 nitrogen and oxygen atoms in total. The highest BCUT2D eigenvalue weighted by Gasteiger charge is 1.67. The van der Waals surface area contributed by atoms with Gasteiger partial charge in [-0.25, -0.2) is 0 Å². The minimum atomic E-state index is 0.873. The Kier molecular flexibility index (Phi) is 6.59. The van der Waals surface area contributed by atoms with Crippen LogP contribution in [-0.4, -0.2) is 0 Å². The van der Waals surface area contributed by atoms with Gasteiger partial charge in [-0.1, -0.05) is 37.0 Å². The number of hydrogen-bond donors (Lipinski definition) is 0. The standard InChI is InChI=1S/C9H13/c1-3-5-7-9-8-6-4-2/h1,3-4,6-7,9H,5,8H2,2H3. The van der Waals surface area contributed by atoms with E-state index < -0.39 is 0 Å². The number of allylic oxidation sites excluding steroid dienone is 5. The molecule has 0 heterocycles. The molecule has 0 rings (SSSR count). The molecule has 0 heteroatoms. The average Bonchev–Trinajstić information content (AvgIpc) is 1.89. The Labute approximate surface area is 57.6 Å². The largest absolute Gasteiger partial charge is 0.0914 e. The van der Waals surface area contributed by atoms with Crippen LogP contribution < -0.4 is 0 Å². The van der Waals surface area contributed by atoms with E-state index in [0.29, 0.717) is 0 Å². The summed E-state index contributed by atoms with van der Waals surface area (Å²) in [6.45, 7) is 7.17. The fourth-order valence-electron chi connectivity index (χ4n) is 0.486. The third kappa shape index (κ3) is 7.22. The van der Waals surface area contributed by atoms with Crippen molar-refractivity contribution in [3.05, 3.63) is 37.0 Å². The molecule has 0 aliphatic carbocycles. The fourth-order valence-corrected chi connectivity index (χ4v) is 0.486. The van der Waals surface area contributed by atoms with E-state index in [1.165, 1.54) is 0 Å². The molecule has 0 aliphatic heterocycles. The summed E-state index contributed by atoms with van der Waals surface area (Å²) in [4.78, 5) is 0. The van der Waals surface area contributed by atoms with Gasteiger partial charge in [-0.2, -0.15) is 0 Å². The van der Waals surface area contributed by atoms with Gasteiger partial charge in [-0.15, -0.1) is 0 Å². The molecule has 1 radical (unpaired) electrons. The maximum absolute atomic E-state index is 5.15. The third-order valence-corrected chi connectivity index (χ3v) is 0.947. The average molecular weight is 121 g/mol. The Balaban J connectivity index is 3.14. The Hall–Kier alpha value is -0.780. The van der Waals surface area contributed by atoms with Gasteiger partial charge in [-0.05, 0) is 19.8 Å². The van der Waals surface area contributed by atoms with Crippen LogP contribution in [0.3, 0.4) is 0 Å². The molecule has 0 N–H and O–H groups in total. The molecule has 0 fully saturated rings. The van der Waals surface area contributed by atoms with Crippen LogP contribution in [0, 0.1) is 6.58 Å². The van der Waals surface area contributed by atoms with E-state index in [-0.39, 0.29) is 0 Å². The lowest BCUT2D eigenvalue weighted by Crippen LogP contribution is -1.57. The fraction of sp³-hybridized carbons (Fsp3) is 0.333. The van der Waals surface area contributed by atoms with Crippen LogP contribution >= 0.6 is 0 Å². The molecule has 0 aliphatic rings. The summed E-state index contributed by atoms with van der Waals surface area (Å²) >= 11 is 0. The van der Waals surface area contributed by atoms with Crippen LogP contribution in [0.5, 0.6) is 0 Å². The van der Waals surface area contributed by atoms with E-state index in [2.05, 4.69) is 18.2 Å². The highest BCUT2D eigenvalue weighted by molar-refractivity contribution is 4.93. The van der Waals surface area contributed by atoms with Crippen molar-refractivity contribution in [3.63, 3.8) is 0 Å². The molecule has 0 amide bonds. The Morgan fingerprint density at radius 1 is 1.11 bits per heavy atom. The second-order valence-electron chi connectivity index (χ2n) is 1.75. The van der Waals surface area contributed by atoms with E-state index in [1.54, 1.807) is 6.08 Å². The number of hydrogen-bond acceptors (Lipinski definition) is 0. The second-order valence-corrected chi connectivity index (χ2v) is 1.75. The van der Waals surface area contributed by atoms with Crippen molar-refractivity contribution in [2.75, 3.05) is 0 Å². The van der Waals surface area contributed by atoms with E-state index in [0.717, 1.165) is 12.8 Å². The molecule has 49 valence electrons. The van der Waals surface area contributed by atoms with Crippen molar-refractivity contribution in [1.82, 2.24) is 0 Å². The van der Waals surface area contributed by atoms with Crippen LogP contribution in [0.25, 0.3) is 0 Å². The van der Waals surface area contributed by atoms with Gasteiger partial charge in [0.2, 0.25) is 0 Å². The van der Waals surface area contributed by atoms with Crippen molar-refractivity contribution in [2.24, 2.45) is 0 Å². The first kappa shape index (κ1) is 8.22.